The van der Waals surface area contributed by atoms with Gasteiger partial charge in [0.15, 0.2) is 0 Å². The lowest BCUT2D eigenvalue weighted by molar-refractivity contribution is -0.137. The molecule has 10 nitrogen and oxygen atoms in total. The van der Waals surface area contributed by atoms with Gasteiger partial charge in [0.2, 0.25) is 17.7 Å². The number of rotatable bonds is 15. The van der Waals surface area contributed by atoms with Crippen molar-refractivity contribution in [2.75, 3.05) is 26.2 Å². The lowest BCUT2D eigenvalue weighted by Gasteiger charge is -2.34. The molecule has 54 heavy (non-hydrogen) atoms. The van der Waals surface area contributed by atoms with Crippen LogP contribution in [0.3, 0.4) is 0 Å². The van der Waals surface area contributed by atoms with E-state index in [0.717, 1.165) is 49.0 Å². The average molecular weight is 729 g/mol. The normalized spacial score (nSPS) is 19.2. The molecule has 7 rings (SSSR count). The maximum absolute atomic E-state index is 12.9. The maximum atomic E-state index is 12.9. The number of ether oxygens (including phenoxy) is 1. The number of carbonyl (C=O) groups is 4. The molecule has 4 amide bonds. The van der Waals surface area contributed by atoms with Crippen LogP contribution in [0.1, 0.15) is 94.1 Å². The first-order valence-electron chi connectivity index (χ1n) is 19.2. The number of carbonyl (C=O) groups excluding carboxylic acids is 4. The largest absolute Gasteiger partial charge is 0.508 e. The molecular weight excluding hydrogens is 681 g/mol. The molecule has 280 valence electrons. The van der Waals surface area contributed by atoms with Gasteiger partial charge in [0.25, 0.3) is 5.91 Å². The third-order valence-corrected chi connectivity index (χ3v) is 10.9. The molecule has 0 radical (unpaired) electrons. The van der Waals surface area contributed by atoms with Gasteiger partial charge >= 0.3 is 0 Å². The lowest BCUT2D eigenvalue weighted by atomic mass is 9.69. The summed E-state index contributed by atoms with van der Waals surface area (Å²) in [6.45, 7) is 2.72. The standard InChI is InChI=1S/C44H48N4O6/c49-34-14-19-37-32(27-34)13-18-36(30-7-2-1-3-8-30)42(37)31-11-15-35(16-12-31)54-25-24-45-22-23-46-40(50)9-5-4-6-29-10-17-38-33(26-29)28-48(44(38)53)39-20-21-41(51)47-43(39)52/h1-3,7-8,10-12,14-17,19,26-27,36,39,42,45,49H,4-6,9,13,18,20-25,28H2,(H,46,50)(H,47,51,52)/t36-,39?,42+/m1/s1. The van der Waals surface area contributed by atoms with Crippen molar-refractivity contribution in [2.45, 2.75) is 75.8 Å². The smallest absolute Gasteiger partial charge is 0.255 e. The fourth-order valence-electron chi connectivity index (χ4n) is 8.19. The van der Waals surface area contributed by atoms with Gasteiger partial charge in [-0.1, -0.05) is 60.7 Å². The molecule has 1 unspecified atom stereocenters. The molecule has 0 spiro atoms. The molecule has 4 aromatic rings. The van der Waals surface area contributed by atoms with Crippen LogP contribution in [0.25, 0.3) is 0 Å². The second-order valence-corrected chi connectivity index (χ2v) is 14.5. The van der Waals surface area contributed by atoms with Crippen molar-refractivity contribution in [3.63, 3.8) is 0 Å². The molecule has 0 aromatic heterocycles. The number of unbranched alkanes of at least 4 members (excludes halogenated alkanes) is 1. The third-order valence-electron chi connectivity index (χ3n) is 10.9. The molecule has 3 aliphatic rings. The number of imide groups is 1. The minimum Gasteiger partial charge on any atom is -0.508 e. The van der Waals surface area contributed by atoms with E-state index in [2.05, 4.69) is 64.5 Å². The second kappa shape index (κ2) is 17.1. The van der Waals surface area contributed by atoms with Gasteiger partial charge in [0.05, 0.1) is 0 Å². The van der Waals surface area contributed by atoms with Crippen LogP contribution in [0.15, 0.2) is 91.0 Å². The van der Waals surface area contributed by atoms with Crippen molar-refractivity contribution < 1.29 is 29.0 Å². The summed E-state index contributed by atoms with van der Waals surface area (Å²) in [4.78, 5) is 50.7. The summed E-state index contributed by atoms with van der Waals surface area (Å²) in [5.74, 6) is 0.837. The van der Waals surface area contributed by atoms with Crippen LogP contribution in [0, 0.1) is 0 Å². The quantitative estimate of drug-likeness (QED) is 0.0936. The topological polar surface area (TPSA) is 137 Å². The molecule has 2 aliphatic heterocycles. The Kier molecular flexibility index (Phi) is 11.7. The van der Waals surface area contributed by atoms with Gasteiger partial charge in [-0.25, -0.2) is 0 Å². The van der Waals surface area contributed by atoms with Crippen LogP contribution in [-0.4, -0.2) is 65.9 Å². The number of nitrogens with zero attached hydrogens (tertiary/aromatic N) is 1. The fourth-order valence-corrected chi connectivity index (χ4v) is 8.19. The molecule has 4 aromatic carbocycles. The van der Waals surface area contributed by atoms with E-state index in [-0.39, 0.29) is 30.1 Å². The Morgan fingerprint density at radius 2 is 1.67 bits per heavy atom. The van der Waals surface area contributed by atoms with Gasteiger partial charge in [0.1, 0.15) is 24.1 Å². The van der Waals surface area contributed by atoms with Crippen LogP contribution in [0.4, 0.5) is 0 Å². The summed E-state index contributed by atoms with van der Waals surface area (Å²) in [6, 6.07) is 30.0. The number of nitrogens with one attached hydrogen (secondary N) is 3. The lowest BCUT2D eigenvalue weighted by Crippen LogP contribution is -2.52. The Balaban J connectivity index is 0.782. The highest BCUT2D eigenvalue weighted by Crippen LogP contribution is 2.47. The Bertz CT molecular complexity index is 1980. The minimum atomic E-state index is -0.615. The summed E-state index contributed by atoms with van der Waals surface area (Å²) in [5.41, 5.74) is 7.66. The summed E-state index contributed by atoms with van der Waals surface area (Å²) in [5, 5.41) is 18.8. The van der Waals surface area contributed by atoms with E-state index in [1.54, 1.807) is 11.0 Å². The number of hydrogen-bond donors (Lipinski definition) is 4. The van der Waals surface area contributed by atoms with Crippen LogP contribution in [0.2, 0.25) is 0 Å². The van der Waals surface area contributed by atoms with Crippen molar-refractivity contribution in [1.82, 2.24) is 20.9 Å². The molecule has 3 atom stereocenters. The SMILES string of the molecule is O=C(CCCCc1ccc2c(c1)CN(C1CCC(=O)NC1=O)C2=O)NCCNCCOc1ccc([C@@H]2c3ccc(O)cc3CC[C@@H]2c2ccccc2)cc1. The molecule has 2 heterocycles. The molecule has 10 heteroatoms. The van der Waals surface area contributed by atoms with E-state index >= 15 is 0 Å². The van der Waals surface area contributed by atoms with E-state index in [4.69, 9.17) is 4.74 Å². The van der Waals surface area contributed by atoms with Gasteiger partial charge in [-0.2, -0.15) is 0 Å². The zero-order valence-electron chi connectivity index (χ0n) is 30.5. The number of fused-ring (bicyclic) bond motifs is 2. The van der Waals surface area contributed by atoms with Gasteiger partial charge in [0, 0.05) is 50.5 Å². The Morgan fingerprint density at radius 3 is 2.48 bits per heavy atom. The maximum Gasteiger partial charge on any atom is 0.255 e. The van der Waals surface area contributed by atoms with E-state index in [1.807, 2.05) is 36.4 Å². The Hall–Kier alpha value is -5.48. The highest BCUT2D eigenvalue weighted by Gasteiger charge is 2.39. The van der Waals surface area contributed by atoms with E-state index in [1.165, 1.54) is 22.3 Å². The Labute approximate surface area is 316 Å². The summed E-state index contributed by atoms with van der Waals surface area (Å²) in [6.07, 6.45) is 5.40. The van der Waals surface area contributed by atoms with Crippen LogP contribution >= 0.6 is 0 Å². The number of aromatic hydroxyl groups is 1. The number of piperidine rings is 1. The Morgan fingerprint density at radius 1 is 0.833 bits per heavy atom. The predicted molar refractivity (Wildman–Crippen MR) is 205 cm³/mol. The first-order valence-corrected chi connectivity index (χ1v) is 19.2. The molecule has 1 saturated heterocycles. The summed E-state index contributed by atoms with van der Waals surface area (Å²) >= 11 is 0. The second-order valence-electron chi connectivity index (χ2n) is 14.5. The van der Waals surface area contributed by atoms with Gasteiger partial charge in [-0.15, -0.1) is 0 Å². The first kappa shape index (κ1) is 36.9. The molecule has 1 aliphatic carbocycles. The molecule has 0 bridgehead atoms. The van der Waals surface area contributed by atoms with Crippen LogP contribution < -0.4 is 20.7 Å². The number of phenols is 1. The number of benzene rings is 4. The average Bonchev–Trinajstić information content (AvgIpc) is 3.50. The van der Waals surface area contributed by atoms with Crippen molar-refractivity contribution >= 4 is 23.6 Å². The fraction of sp³-hybridized carbons (Fsp3) is 0.364. The van der Waals surface area contributed by atoms with Crippen molar-refractivity contribution in [3.05, 3.63) is 130 Å². The van der Waals surface area contributed by atoms with Crippen molar-refractivity contribution in [2.24, 2.45) is 0 Å². The monoisotopic (exact) mass is 728 g/mol. The van der Waals surface area contributed by atoms with E-state index < -0.39 is 11.9 Å². The molecule has 1 fully saturated rings. The van der Waals surface area contributed by atoms with Crippen molar-refractivity contribution in [3.8, 4) is 11.5 Å². The van der Waals surface area contributed by atoms with E-state index in [9.17, 15) is 24.3 Å². The van der Waals surface area contributed by atoms with E-state index in [0.29, 0.717) is 62.9 Å². The highest BCUT2D eigenvalue weighted by molar-refractivity contribution is 6.05. The third kappa shape index (κ3) is 8.66. The predicted octanol–water partition coefficient (Wildman–Crippen LogP) is 5.51. The number of hydrogen-bond acceptors (Lipinski definition) is 7. The number of aryl methyl sites for hydroxylation is 2. The molecule has 4 N–H and O–H groups in total. The first-order chi connectivity index (χ1) is 26.3. The van der Waals surface area contributed by atoms with Gasteiger partial charge in [-0.3, -0.25) is 24.5 Å². The van der Waals surface area contributed by atoms with Gasteiger partial charge < -0.3 is 25.4 Å². The van der Waals surface area contributed by atoms with Gasteiger partial charge in [-0.05, 0) is 108 Å². The zero-order valence-corrected chi connectivity index (χ0v) is 30.5. The minimum absolute atomic E-state index is 0.0273. The highest BCUT2D eigenvalue weighted by atomic mass is 16.5. The number of amides is 4. The zero-order chi connectivity index (χ0) is 37.4. The van der Waals surface area contributed by atoms with Crippen LogP contribution in [0.5, 0.6) is 11.5 Å². The molecule has 0 saturated carbocycles. The summed E-state index contributed by atoms with van der Waals surface area (Å²) < 4.78 is 6.02. The number of phenolic OH excluding ortho intramolecular Hbond substituents is 1. The summed E-state index contributed by atoms with van der Waals surface area (Å²) in [7, 11) is 0. The van der Waals surface area contributed by atoms with Crippen molar-refractivity contribution in [1.29, 1.82) is 0 Å². The molecular formula is C44H48N4O6. The van der Waals surface area contributed by atoms with Crippen LogP contribution in [-0.2, 0) is 33.8 Å².